The summed E-state index contributed by atoms with van der Waals surface area (Å²) in [7, 11) is 0. The number of carboxylic acids is 1. The topological polar surface area (TPSA) is 110 Å². The van der Waals surface area contributed by atoms with Crippen molar-refractivity contribution >= 4 is 28.3 Å². The number of carbonyl (C=O) groups excluding carboxylic acids is 1. The van der Waals surface area contributed by atoms with Crippen LogP contribution in [-0.2, 0) is 19.1 Å². The molecule has 12 heteroatoms. The van der Waals surface area contributed by atoms with Crippen LogP contribution in [0.2, 0.25) is 0 Å². The van der Waals surface area contributed by atoms with Gasteiger partial charge in [0.15, 0.2) is 16.7 Å². The summed E-state index contributed by atoms with van der Waals surface area (Å²) in [6.45, 7) is 3.05. The van der Waals surface area contributed by atoms with Crippen LogP contribution in [0.5, 0.6) is 5.75 Å². The van der Waals surface area contributed by atoms with E-state index in [1.165, 1.54) is 17.4 Å². The first-order chi connectivity index (χ1) is 16.0. The van der Waals surface area contributed by atoms with Crippen LogP contribution < -0.4 is 15.0 Å². The van der Waals surface area contributed by atoms with E-state index < -0.39 is 17.6 Å². The van der Waals surface area contributed by atoms with E-state index in [1.807, 2.05) is 0 Å². The standard InChI is InChI=1S/C21H25F2N3O6S/c22-15-2-1-14(16-13-33-21(25-16)26-6-9-31-10-7-26)20(19(15)23)32-12-11-30-8-5-24-17(27)3-4-18(28)29/h1-2,13H,3-12H2,(H,24,27)(H,28,29). The van der Waals surface area contributed by atoms with Gasteiger partial charge in [-0.3, -0.25) is 9.59 Å². The van der Waals surface area contributed by atoms with Gasteiger partial charge in [0.05, 0.1) is 38.5 Å². The first-order valence-electron chi connectivity index (χ1n) is 10.4. The molecule has 2 aromatic rings. The Morgan fingerprint density at radius 3 is 2.73 bits per heavy atom. The van der Waals surface area contributed by atoms with Gasteiger partial charge in [0.25, 0.3) is 0 Å². The van der Waals surface area contributed by atoms with E-state index in [-0.39, 0.29) is 50.9 Å². The third-order valence-corrected chi connectivity index (χ3v) is 5.61. The lowest BCUT2D eigenvalue weighted by Gasteiger charge is -2.26. The molecule has 2 heterocycles. The van der Waals surface area contributed by atoms with Crippen LogP contribution in [0.4, 0.5) is 13.9 Å². The Morgan fingerprint density at radius 1 is 1.18 bits per heavy atom. The van der Waals surface area contributed by atoms with E-state index in [1.54, 1.807) is 5.38 Å². The highest BCUT2D eigenvalue weighted by atomic mass is 32.1. The Bertz CT molecular complexity index is 952. The number of carbonyl (C=O) groups is 2. The molecule has 1 aliphatic rings. The molecule has 1 aliphatic heterocycles. The lowest BCUT2D eigenvalue weighted by Crippen LogP contribution is -2.36. The van der Waals surface area contributed by atoms with E-state index >= 15 is 0 Å². The number of nitrogens with one attached hydrogen (secondary N) is 1. The lowest BCUT2D eigenvalue weighted by atomic mass is 10.1. The van der Waals surface area contributed by atoms with Gasteiger partial charge in [-0.25, -0.2) is 9.37 Å². The first-order valence-corrected chi connectivity index (χ1v) is 11.3. The van der Waals surface area contributed by atoms with Crippen molar-refractivity contribution in [3.63, 3.8) is 0 Å². The molecule has 3 rings (SSSR count). The predicted octanol–water partition coefficient (Wildman–Crippen LogP) is 2.30. The van der Waals surface area contributed by atoms with Crippen molar-refractivity contribution in [3.05, 3.63) is 29.1 Å². The number of thiazole rings is 1. The number of halogens is 2. The molecule has 1 amide bonds. The number of carboxylic acid groups (broad SMARTS) is 1. The summed E-state index contributed by atoms with van der Waals surface area (Å²) in [5.74, 6) is -3.79. The highest BCUT2D eigenvalue weighted by Crippen LogP contribution is 2.36. The minimum absolute atomic E-state index is 0.0409. The van der Waals surface area contributed by atoms with Crippen molar-refractivity contribution < 1.29 is 37.7 Å². The van der Waals surface area contributed by atoms with Crippen molar-refractivity contribution in [2.45, 2.75) is 12.8 Å². The van der Waals surface area contributed by atoms with E-state index in [0.29, 0.717) is 37.6 Å². The minimum atomic E-state index is -1.10. The van der Waals surface area contributed by atoms with Crippen LogP contribution in [0.1, 0.15) is 12.8 Å². The van der Waals surface area contributed by atoms with Crippen molar-refractivity contribution in [3.8, 4) is 17.0 Å². The summed E-state index contributed by atoms with van der Waals surface area (Å²) in [5.41, 5.74) is 0.829. The Morgan fingerprint density at radius 2 is 1.97 bits per heavy atom. The molecule has 1 aromatic carbocycles. The maximum atomic E-state index is 14.5. The predicted molar refractivity (Wildman–Crippen MR) is 117 cm³/mol. The van der Waals surface area contributed by atoms with Crippen molar-refractivity contribution in [1.82, 2.24) is 10.3 Å². The normalized spacial score (nSPS) is 13.7. The van der Waals surface area contributed by atoms with Crippen LogP contribution >= 0.6 is 11.3 Å². The van der Waals surface area contributed by atoms with Crippen LogP contribution in [0.3, 0.4) is 0 Å². The zero-order valence-electron chi connectivity index (χ0n) is 17.9. The maximum absolute atomic E-state index is 14.5. The van der Waals surface area contributed by atoms with Gasteiger partial charge >= 0.3 is 5.97 Å². The number of anilines is 1. The van der Waals surface area contributed by atoms with Gasteiger partial charge in [0.1, 0.15) is 6.61 Å². The van der Waals surface area contributed by atoms with Crippen LogP contribution in [0.25, 0.3) is 11.3 Å². The Kier molecular flexibility index (Phi) is 9.34. The third kappa shape index (κ3) is 7.34. The lowest BCUT2D eigenvalue weighted by molar-refractivity contribution is -0.138. The largest absolute Gasteiger partial charge is 0.487 e. The number of benzene rings is 1. The number of hydrogen-bond acceptors (Lipinski definition) is 8. The number of hydrogen-bond donors (Lipinski definition) is 2. The van der Waals surface area contributed by atoms with Gasteiger partial charge in [-0.1, -0.05) is 0 Å². The number of nitrogens with zero attached hydrogens (tertiary/aromatic N) is 2. The smallest absolute Gasteiger partial charge is 0.303 e. The van der Waals surface area contributed by atoms with E-state index in [4.69, 9.17) is 19.3 Å². The number of morpholine rings is 1. The summed E-state index contributed by atoms with van der Waals surface area (Å²) in [4.78, 5) is 28.5. The maximum Gasteiger partial charge on any atom is 0.303 e. The zero-order chi connectivity index (χ0) is 23.6. The summed E-state index contributed by atoms with van der Waals surface area (Å²) in [6.07, 6.45) is -0.348. The second kappa shape index (κ2) is 12.4. The molecule has 1 fully saturated rings. The molecule has 0 aliphatic carbocycles. The van der Waals surface area contributed by atoms with Crippen LogP contribution in [0, 0.1) is 11.6 Å². The van der Waals surface area contributed by atoms with Gasteiger partial charge in [-0.15, -0.1) is 11.3 Å². The number of aliphatic carboxylic acids is 1. The highest BCUT2D eigenvalue weighted by molar-refractivity contribution is 7.14. The van der Waals surface area contributed by atoms with Gasteiger partial charge in [0.2, 0.25) is 11.7 Å². The third-order valence-electron chi connectivity index (χ3n) is 4.71. The first kappa shape index (κ1) is 24.8. The summed E-state index contributed by atoms with van der Waals surface area (Å²) >= 11 is 1.41. The summed E-state index contributed by atoms with van der Waals surface area (Å²) < 4.78 is 44.5. The molecule has 180 valence electrons. The molecule has 1 aromatic heterocycles. The number of aromatic nitrogens is 1. The highest BCUT2D eigenvalue weighted by Gasteiger charge is 2.20. The van der Waals surface area contributed by atoms with E-state index in [0.717, 1.165) is 11.2 Å². The van der Waals surface area contributed by atoms with Gasteiger partial charge in [-0.2, -0.15) is 4.39 Å². The molecule has 1 saturated heterocycles. The number of rotatable bonds is 12. The van der Waals surface area contributed by atoms with Gasteiger partial charge in [-0.05, 0) is 12.1 Å². The van der Waals surface area contributed by atoms with Crippen molar-refractivity contribution in [2.24, 2.45) is 0 Å². The Labute approximate surface area is 193 Å². The molecular formula is C21H25F2N3O6S. The fourth-order valence-electron chi connectivity index (χ4n) is 3.04. The molecule has 0 bridgehead atoms. The minimum Gasteiger partial charge on any atom is -0.487 e. The SMILES string of the molecule is O=C(O)CCC(=O)NCCOCCOc1c(-c2csc(N3CCOCC3)n2)ccc(F)c1F. The summed E-state index contributed by atoms with van der Waals surface area (Å²) in [6, 6.07) is 2.47. The average Bonchev–Trinajstić information content (AvgIpc) is 3.30. The Balaban J connectivity index is 1.50. The quantitative estimate of drug-likeness (QED) is 0.441. The molecule has 0 atom stereocenters. The average molecular weight is 486 g/mol. The number of ether oxygens (including phenoxy) is 3. The molecule has 0 spiro atoms. The van der Waals surface area contributed by atoms with Gasteiger partial charge in [0, 0.05) is 37.0 Å². The molecular weight excluding hydrogens is 460 g/mol. The van der Waals surface area contributed by atoms with Crippen molar-refractivity contribution in [2.75, 3.05) is 57.6 Å². The Hall–Kier alpha value is -2.83. The molecule has 0 saturated carbocycles. The molecule has 0 unspecified atom stereocenters. The molecule has 33 heavy (non-hydrogen) atoms. The second-order valence-electron chi connectivity index (χ2n) is 7.06. The van der Waals surface area contributed by atoms with Crippen LogP contribution in [-0.4, -0.2) is 74.6 Å². The van der Waals surface area contributed by atoms with E-state index in [9.17, 15) is 18.4 Å². The van der Waals surface area contributed by atoms with Crippen LogP contribution in [0.15, 0.2) is 17.5 Å². The van der Waals surface area contributed by atoms with Crippen molar-refractivity contribution in [1.29, 1.82) is 0 Å². The van der Waals surface area contributed by atoms with E-state index in [2.05, 4.69) is 15.2 Å². The fraction of sp³-hybridized carbons (Fsp3) is 0.476. The summed E-state index contributed by atoms with van der Waals surface area (Å²) in [5, 5.41) is 13.6. The molecule has 0 radical (unpaired) electrons. The zero-order valence-corrected chi connectivity index (χ0v) is 18.7. The second-order valence-corrected chi connectivity index (χ2v) is 7.89. The van der Waals surface area contributed by atoms with Gasteiger partial charge < -0.3 is 29.5 Å². The number of amides is 1. The fourth-order valence-corrected chi connectivity index (χ4v) is 3.92. The monoisotopic (exact) mass is 485 g/mol. The molecule has 2 N–H and O–H groups in total. The molecule has 9 nitrogen and oxygen atoms in total.